The van der Waals surface area contributed by atoms with Gasteiger partial charge in [-0.05, 0) is 6.42 Å². The molecule has 2 aliphatic heterocycles. The normalized spacial score (nSPS) is 25.4. The summed E-state index contributed by atoms with van der Waals surface area (Å²) in [5.41, 5.74) is 5.54. The number of ether oxygens (including phenoxy) is 1. The predicted molar refractivity (Wildman–Crippen MR) is 80.1 cm³/mol. The number of hydrogen-bond donors (Lipinski definition) is 1. The van der Waals surface area contributed by atoms with E-state index >= 15 is 0 Å². The topological polar surface area (TPSA) is 58.8 Å². The van der Waals surface area contributed by atoms with Crippen molar-refractivity contribution in [1.29, 1.82) is 0 Å². The van der Waals surface area contributed by atoms with E-state index in [1.807, 2.05) is 11.8 Å². The lowest BCUT2D eigenvalue weighted by Gasteiger charge is -2.32. The van der Waals surface area contributed by atoms with Crippen LogP contribution in [0.2, 0.25) is 0 Å². The lowest BCUT2D eigenvalue weighted by Crippen LogP contribution is -2.45. The average molecular weight is 314 g/mol. The zero-order valence-electron chi connectivity index (χ0n) is 11.4. The largest absolute Gasteiger partial charge is 0.379 e. The van der Waals surface area contributed by atoms with Crippen LogP contribution in [-0.2, 0) is 9.53 Å². The van der Waals surface area contributed by atoms with Gasteiger partial charge in [-0.1, -0.05) is 6.92 Å². The van der Waals surface area contributed by atoms with Gasteiger partial charge in [0, 0.05) is 44.7 Å². The van der Waals surface area contributed by atoms with Gasteiger partial charge in [-0.15, -0.1) is 24.8 Å². The van der Waals surface area contributed by atoms with E-state index < -0.39 is 0 Å². The smallest absolute Gasteiger partial charge is 0.226 e. The second-order valence-corrected chi connectivity index (χ2v) is 5.01. The first-order valence-electron chi connectivity index (χ1n) is 6.53. The molecule has 0 aliphatic carbocycles. The lowest BCUT2D eigenvalue weighted by atomic mass is 10.1. The molecule has 0 aromatic heterocycles. The molecule has 114 valence electrons. The van der Waals surface area contributed by atoms with Crippen LogP contribution in [0.5, 0.6) is 0 Å². The van der Waals surface area contributed by atoms with Crippen LogP contribution < -0.4 is 5.73 Å². The number of carbonyl (C=O) groups is 1. The average Bonchev–Trinajstić information content (AvgIpc) is 2.87. The zero-order valence-corrected chi connectivity index (χ0v) is 13.0. The predicted octanol–water partition coefficient (Wildman–Crippen LogP) is 0.358. The summed E-state index contributed by atoms with van der Waals surface area (Å²) < 4.78 is 5.35. The number of nitrogens with zero attached hydrogens (tertiary/aromatic N) is 2. The highest BCUT2D eigenvalue weighted by atomic mass is 35.5. The number of rotatable bonds is 3. The van der Waals surface area contributed by atoms with E-state index in [9.17, 15) is 4.79 Å². The molecular weight excluding hydrogens is 289 g/mol. The van der Waals surface area contributed by atoms with Crippen LogP contribution in [0.3, 0.4) is 0 Å². The summed E-state index contributed by atoms with van der Waals surface area (Å²) in [6.45, 7) is 7.74. The van der Waals surface area contributed by atoms with Gasteiger partial charge < -0.3 is 15.4 Å². The van der Waals surface area contributed by atoms with Crippen LogP contribution in [-0.4, -0.2) is 67.7 Å². The highest BCUT2D eigenvalue weighted by Gasteiger charge is 2.32. The van der Waals surface area contributed by atoms with Gasteiger partial charge in [-0.3, -0.25) is 9.69 Å². The third kappa shape index (κ3) is 4.76. The van der Waals surface area contributed by atoms with Crippen molar-refractivity contribution < 1.29 is 9.53 Å². The first-order valence-corrected chi connectivity index (χ1v) is 6.53. The Kier molecular flexibility index (Phi) is 8.94. The molecule has 2 aliphatic rings. The van der Waals surface area contributed by atoms with Crippen molar-refractivity contribution in [3.05, 3.63) is 0 Å². The number of nitrogens with two attached hydrogens (primary N) is 1. The Balaban J connectivity index is 0.00000162. The first kappa shape index (κ1) is 18.9. The van der Waals surface area contributed by atoms with Gasteiger partial charge in [-0.25, -0.2) is 0 Å². The Morgan fingerprint density at radius 3 is 2.53 bits per heavy atom. The van der Waals surface area contributed by atoms with E-state index in [4.69, 9.17) is 10.5 Å². The molecule has 2 heterocycles. The number of morpholine rings is 1. The number of amides is 1. The number of likely N-dealkylation sites (tertiary alicyclic amines) is 1. The maximum absolute atomic E-state index is 12.0. The third-order valence-corrected chi connectivity index (χ3v) is 3.81. The molecule has 5 nitrogen and oxygen atoms in total. The van der Waals surface area contributed by atoms with Crippen LogP contribution >= 0.6 is 24.8 Å². The summed E-state index contributed by atoms with van der Waals surface area (Å²) >= 11 is 0. The van der Waals surface area contributed by atoms with Crippen molar-refractivity contribution in [1.82, 2.24) is 9.80 Å². The summed E-state index contributed by atoms with van der Waals surface area (Å²) in [5, 5.41) is 0. The van der Waals surface area contributed by atoms with Crippen molar-refractivity contribution in [2.45, 2.75) is 19.4 Å². The van der Waals surface area contributed by atoms with Crippen LogP contribution in [0, 0.1) is 5.92 Å². The van der Waals surface area contributed by atoms with Crippen LogP contribution in [0.4, 0.5) is 0 Å². The zero-order chi connectivity index (χ0) is 12.3. The third-order valence-electron chi connectivity index (χ3n) is 3.81. The fraction of sp³-hybridized carbons (Fsp3) is 0.917. The van der Waals surface area contributed by atoms with Crippen molar-refractivity contribution in [3.8, 4) is 0 Å². The van der Waals surface area contributed by atoms with Crippen LogP contribution in [0.15, 0.2) is 0 Å². The Hall–Kier alpha value is -0.0700. The van der Waals surface area contributed by atoms with Gasteiger partial charge >= 0.3 is 0 Å². The standard InChI is InChI=1S/C12H23N3O2.2ClH/c1-10(8-13)12(16)15-3-2-11(9-15)14-4-6-17-7-5-14;;/h10-11H,2-9,13H2,1H3;2*1H. The molecule has 0 aromatic carbocycles. The Morgan fingerprint density at radius 1 is 1.32 bits per heavy atom. The van der Waals surface area contributed by atoms with Crippen molar-refractivity contribution in [3.63, 3.8) is 0 Å². The van der Waals surface area contributed by atoms with E-state index in [-0.39, 0.29) is 36.6 Å². The maximum Gasteiger partial charge on any atom is 0.226 e. The van der Waals surface area contributed by atoms with E-state index in [1.54, 1.807) is 0 Å². The van der Waals surface area contributed by atoms with Crippen molar-refractivity contribution in [2.75, 3.05) is 45.9 Å². The summed E-state index contributed by atoms with van der Waals surface area (Å²) in [6, 6.07) is 0.521. The molecule has 7 heteroatoms. The minimum absolute atomic E-state index is 0. The Labute approximate surface area is 127 Å². The van der Waals surface area contributed by atoms with Gasteiger partial charge in [0.2, 0.25) is 5.91 Å². The summed E-state index contributed by atoms with van der Waals surface area (Å²) in [5.74, 6) is 0.168. The fourth-order valence-corrected chi connectivity index (χ4v) is 2.60. The molecule has 2 rings (SSSR count). The van der Waals surface area contributed by atoms with E-state index in [1.165, 1.54) is 0 Å². The SMILES string of the molecule is CC(CN)C(=O)N1CCC(N2CCOCC2)C1.Cl.Cl. The molecule has 2 saturated heterocycles. The van der Waals surface area contributed by atoms with E-state index in [0.29, 0.717) is 12.6 Å². The molecule has 1 amide bonds. The van der Waals surface area contributed by atoms with E-state index in [0.717, 1.165) is 45.8 Å². The summed E-state index contributed by atoms with van der Waals surface area (Å²) in [4.78, 5) is 16.4. The molecule has 0 radical (unpaired) electrons. The molecule has 2 N–H and O–H groups in total. The highest BCUT2D eigenvalue weighted by molar-refractivity contribution is 5.85. The number of carbonyl (C=O) groups excluding carboxylic acids is 1. The quantitative estimate of drug-likeness (QED) is 0.817. The highest BCUT2D eigenvalue weighted by Crippen LogP contribution is 2.18. The molecular formula is C12H25Cl2N3O2. The molecule has 0 spiro atoms. The second-order valence-electron chi connectivity index (χ2n) is 5.01. The van der Waals surface area contributed by atoms with Crippen LogP contribution in [0.1, 0.15) is 13.3 Å². The minimum Gasteiger partial charge on any atom is -0.379 e. The summed E-state index contributed by atoms with van der Waals surface area (Å²) in [7, 11) is 0. The first-order chi connectivity index (χ1) is 8.22. The molecule has 2 unspecified atom stereocenters. The Morgan fingerprint density at radius 2 is 1.95 bits per heavy atom. The van der Waals surface area contributed by atoms with Gasteiger partial charge in [0.05, 0.1) is 13.2 Å². The number of hydrogen-bond acceptors (Lipinski definition) is 4. The van der Waals surface area contributed by atoms with Gasteiger partial charge in [0.1, 0.15) is 0 Å². The maximum atomic E-state index is 12.0. The van der Waals surface area contributed by atoms with Crippen molar-refractivity contribution >= 4 is 30.7 Å². The van der Waals surface area contributed by atoms with Crippen LogP contribution in [0.25, 0.3) is 0 Å². The van der Waals surface area contributed by atoms with Gasteiger partial charge in [-0.2, -0.15) is 0 Å². The second kappa shape index (κ2) is 8.97. The summed E-state index contributed by atoms with van der Waals surface area (Å²) in [6.07, 6.45) is 1.09. The molecule has 19 heavy (non-hydrogen) atoms. The Bertz CT molecular complexity index is 276. The molecule has 2 fully saturated rings. The van der Waals surface area contributed by atoms with Gasteiger partial charge in [0.15, 0.2) is 0 Å². The van der Waals surface area contributed by atoms with Crippen molar-refractivity contribution in [2.24, 2.45) is 11.7 Å². The molecule has 2 atom stereocenters. The van der Waals surface area contributed by atoms with Gasteiger partial charge in [0.25, 0.3) is 0 Å². The molecule has 0 aromatic rings. The minimum atomic E-state index is -0.0431. The van der Waals surface area contributed by atoms with E-state index in [2.05, 4.69) is 4.90 Å². The monoisotopic (exact) mass is 313 g/mol. The molecule has 0 saturated carbocycles. The fourth-order valence-electron chi connectivity index (χ4n) is 2.60. The lowest BCUT2D eigenvalue weighted by molar-refractivity contribution is -0.133. The molecule has 0 bridgehead atoms. The number of halogens is 2.